The average molecular weight is 305 g/mol. The zero-order valence-corrected chi connectivity index (χ0v) is 12.1. The summed E-state index contributed by atoms with van der Waals surface area (Å²) in [5.74, 6) is 0.590. The Balaban J connectivity index is 2.05. The molecule has 1 aromatic carbocycles. The number of hydrogen-bond donors (Lipinski definition) is 1. The summed E-state index contributed by atoms with van der Waals surface area (Å²) in [6, 6.07) is 10.3. The van der Waals surface area contributed by atoms with Crippen molar-refractivity contribution in [1.82, 2.24) is 4.98 Å². The molecule has 3 heteroatoms. The summed E-state index contributed by atoms with van der Waals surface area (Å²) < 4.78 is 1.04. The van der Waals surface area contributed by atoms with Crippen LogP contribution in [0, 0.1) is 5.92 Å². The van der Waals surface area contributed by atoms with E-state index in [4.69, 9.17) is 10.7 Å². The minimum absolute atomic E-state index is 0.209. The molecule has 0 saturated heterocycles. The largest absolute Gasteiger partial charge is 0.320 e. The van der Waals surface area contributed by atoms with Gasteiger partial charge in [-0.2, -0.15) is 0 Å². The molecule has 18 heavy (non-hydrogen) atoms. The molecule has 1 saturated carbocycles. The van der Waals surface area contributed by atoms with E-state index < -0.39 is 0 Å². The fraction of sp³-hybridized carbons (Fsp3) is 0.400. The van der Waals surface area contributed by atoms with Crippen LogP contribution in [0.25, 0.3) is 10.9 Å². The summed E-state index contributed by atoms with van der Waals surface area (Å²) in [6.45, 7) is 2.21. The number of para-hydroxylation sites is 1. The highest BCUT2D eigenvalue weighted by Crippen LogP contribution is 2.53. The van der Waals surface area contributed by atoms with Gasteiger partial charge >= 0.3 is 0 Å². The van der Waals surface area contributed by atoms with Crippen LogP contribution in [0.2, 0.25) is 0 Å². The predicted molar refractivity (Wildman–Crippen MR) is 78.3 cm³/mol. The van der Waals surface area contributed by atoms with E-state index in [0.717, 1.165) is 27.5 Å². The maximum atomic E-state index is 6.50. The van der Waals surface area contributed by atoms with Gasteiger partial charge in [-0.3, -0.25) is 0 Å². The first-order valence-corrected chi connectivity index (χ1v) is 7.29. The molecule has 0 radical (unpaired) electrons. The van der Waals surface area contributed by atoms with Crippen molar-refractivity contribution in [1.29, 1.82) is 0 Å². The smallest absolute Gasteiger partial charge is 0.0754 e. The SMILES string of the molecule is CCCC1CC1(N)c1nc2ccccc2cc1Br. The standard InChI is InChI=1S/C15H17BrN2/c1-2-5-11-9-15(11,17)14-12(16)8-10-6-3-4-7-13(10)18-14/h3-4,6-8,11H,2,5,9,17H2,1H3. The van der Waals surface area contributed by atoms with Crippen LogP contribution in [0.5, 0.6) is 0 Å². The van der Waals surface area contributed by atoms with E-state index in [9.17, 15) is 0 Å². The second kappa shape index (κ2) is 4.32. The summed E-state index contributed by atoms with van der Waals surface area (Å²) in [5.41, 5.74) is 8.35. The Morgan fingerprint density at radius 1 is 1.44 bits per heavy atom. The van der Waals surface area contributed by atoms with Gasteiger partial charge in [-0.1, -0.05) is 31.5 Å². The second-order valence-corrected chi connectivity index (χ2v) is 6.10. The lowest BCUT2D eigenvalue weighted by Crippen LogP contribution is -2.24. The number of nitrogens with zero attached hydrogens (tertiary/aromatic N) is 1. The zero-order valence-electron chi connectivity index (χ0n) is 10.5. The van der Waals surface area contributed by atoms with Crippen molar-refractivity contribution in [3.05, 3.63) is 40.5 Å². The molecule has 1 aliphatic rings. The lowest BCUT2D eigenvalue weighted by atomic mass is 10.1. The van der Waals surface area contributed by atoms with Gasteiger partial charge in [0.15, 0.2) is 0 Å². The number of aromatic nitrogens is 1. The van der Waals surface area contributed by atoms with Gasteiger partial charge in [-0.05, 0) is 46.8 Å². The molecule has 1 heterocycles. The van der Waals surface area contributed by atoms with Crippen molar-refractivity contribution in [3.63, 3.8) is 0 Å². The highest BCUT2D eigenvalue weighted by molar-refractivity contribution is 9.10. The maximum absolute atomic E-state index is 6.50. The average Bonchev–Trinajstić information content (AvgIpc) is 3.01. The summed E-state index contributed by atoms with van der Waals surface area (Å²) >= 11 is 3.63. The van der Waals surface area contributed by atoms with E-state index in [1.807, 2.05) is 18.2 Å². The molecule has 0 bridgehead atoms. The van der Waals surface area contributed by atoms with E-state index in [-0.39, 0.29) is 5.54 Å². The third-order valence-electron chi connectivity index (χ3n) is 3.91. The molecule has 1 aromatic heterocycles. The van der Waals surface area contributed by atoms with Gasteiger partial charge in [0.1, 0.15) is 0 Å². The molecule has 0 spiro atoms. The van der Waals surface area contributed by atoms with E-state index >= 15 is 0 Å². The number of hydrogen-bond acceptors (Lipinski definition) is 2. The van der Waals surface area contributed by atoms with Crippen LogP contribution in [0.4, 0.5) is 0 Å². The number of pyridine rings is 1. The van der Waals surface area contributed by atoms with Gasteiger partial charge in [0.05, 0.1) is 16.7 Å². The highest BCUT2D eigenvalue weighted by atomic mass is 79.9. The van der Waals surface area contributed by atoms with Gasteiger partial charge in [-0.25, -0.2) is 4.98 Å². The molecule has 2 aromatic rings. The molecule has 2 nitrogen and oxygen atoms in total. The van der Waals surface area contributed by atoms with Crippen LogP contribution in [0.15, 0.2) is 34.8 Å². The molecule has 1 aliphatic carbocycles. The number of rotatable bonds is 3. The molecule has 2 atom stereocenters. The molecular weight excluding hydrogens is 288 g/mol. The van der Waals surface area contributed by atoms with Crippen LogP contribution in [-0.4, -0.2) is 4.98 Å². The first-order chi connectivity index (χ1) is 8.65. The monoisotopic (exact) mass is 304 g/mol. The second-order valence-electron chi connectivity index (χ2n) is 5.24. The van der Waals surface area contributed by atoms with Crippen LogP contribution in [-0.2, 0) is 5.54 Å². The Morgan fingerprint density at radius 2 is 2.22 bits per heavy atom. The van der Waals surface area contributed by atoms with E-state index in [1.165, 1.54) is 12.8 Å². The Labute approximate surface area is 116 Å². The van der Waals surface area contributed by atoms with Crippen molar-refractivity contribution in [2.75, 3.05) is 0 Å². The molecule has 94 valence electrons. The third kappa shape index (κ3) is 1.86. The predicted octanol–water partition coefficient (Wildman–Crippen LogP) is 3.97. The summed E-state index contributed by atoms with van der Waals surface area (Å²) in [6.07, 6.45) is 3.44. The Bertz CT molecular complexity index is 596. The molecule has 1 fully saturated rings. The van der Waals surface area contributed by atoms with Crippen molar-refractivity contribution in [3.8, 4) is 0 Å². The maximum Gasteiger partial charge on any atom is 0.0754 e. The zero-order chi connectivity index (χ0) is 12.8. The van der Waals surface area contributed by atoms with Crippen LogP contribution in [0.3, 0.4) is 0 Å². The van der Waals surface area contributed by atoms with Gasteiger partial charge < -0.3 is 5.73 Å². The van der Waals surface area contributed by atoms with E-state index in [0.29, 0.717) is 5.92 Å². The van der Waals surface area contributed by atoms with Gasteiger partial charge in [-0.15, -0.1) is 0 Å². The third-order valence-corrected chi connectivity index (χ3v) is 4.51. The molecule has 2 N–H and O–H groups in total. The van der Waals surface area contributed by atoms with Gasteiger partial charge in [0, 0.05) is 9.86 Å². The molecule has 3 rings (SSSR count). The summed E-state index contributed by atoms with van der Waals surface area (Å²) in [4.78, 5) is 4.77. The molecule has 0 aliphatic heterocycles. The Morgan fingerprint density at radius 3 is 3.00 bits per heavy atom. The lowest BCUT2D eigenvalue weighted by molar-refractivity contribution is 0.570. The quantitative estimate of drug-likeness (QED) is 0.932. The minimum atomic E-state index is -0.209. The minimum Gasteiger partial charge on any atom is -0.320 e. The fourth-order valence-electron chi connectivity index (χ4n) is 2.76. The van der Waals surface area contributed by atoms with Crippen molar-refractivity contribution < 1.29 is 0 Å². The first-order valence-electron chi connectivity index (χ1n) is 6.50. The fourth-order valence-corrected chi connectivity index (χ4v) is 3.47. The number of fused-ring (bicyclic) bond motifs is 1. The topological polar surface area (TPSA) is 38.9 Å². The van der Waals surface area contributed by atoms with Crippen molar-refractivity contribution >= 4 is 26.8 Å². The van der Waals surface area contributed by atoms with Gasteiger partial charge in [0.2, 0.25) is 0 Å². The number of halogens is 1. The van der Waals surface area contributed by atoms with Crippen LogP contribution in [0.1, 0.15) is 31.9 Å². The van der Waals surface area contributed by atoms with Crippen LogP contribution < -0.4 is 5.73 Å². The molecule has 2 unspecified atom stereocenters. The summed E-state index contributed by atoms with van der Waals surface area (Å²) in [7, 11) is 0. The lowest BCUT2D eigenvalue weighted by Gasteiger charge is -2.14. The Hall–Kier alpha value is -0.930. The van der Waals surface area contributed by atoms with Gasteiger partial charge in [0.25, 0.3) is 0 Å². The van der Waals surface area contributed by atoms with Crippen molar-refractivity contribution in [2.24, 2.45) is 11.7 Å². The normalized spacial score (nSPS) is 26.5. The summed E-state index contributed by atoms with van der Waals surface area (Å²) in [5, 5.41) is 1.16. The van der Waals surface area contributed by atoms with Crippen LogP contribution >= 0.6 is 15.9 Å². The highest BCUT2D eigenvalue weighted by Gasteiger charge is 2.53. The molecule has 0 amide bonds. The van der Waals surface area contributed by atoms with Crippen molar-refractivity contribution in [2.45, 2.75) is 31.7 Å². The van der Waals surface area contributed by atoms with E-state index in [2.05, 4.69) is 35.0 Å². The van der Waals surface area contributed by atoms with E-state index in [1.54, 1.807) is 0 Å². The Kier molecular flexibility index (Phi) is 2.91. The first kappa shape index (κ1) is 12.1. The number of benzene rings is 1. The number of nitrogens with two attached hydrogens (primary N) is 1. The molecular formula is C15H17BrN2.